The summed E-state index contributed by atoms with van der Waals surface area (Å²) in [6, 6.07) is 149. The van der Waals surface area contributed by atoms with E-state index >= 15 is 4.39 Å². The summed E-state index contributed by atoms with van der Waals surface area (Å²) in [7, 11) is 0. The van der Waals surface area contributed by atoms with E-state index in [0.717, 1.165) is 161 Å². The van der Waals surface area contributed by atoms with Gasteiger partial charge < -0.3 is 24.5 Å². The molecule has 0 fully saturated rings. The molecule has 0 unspecified atom stereocenters. The smallest absolute Gasteiger partial charge is 0.252 e. The quantitative estimate of drug-likeness (QED) is 0.100. The molecule has 111 heavy (non-hydrogen) atoms. The first kappa shape index (κ1) is 65.4. The summed E-state index contributed by atoms with van der Waals surface area (Å²) in [4.78, 5) is 14.3. The Morgan fingerprint density at radius 1 is 0.225 bits per heavy atom. The van der Waals surface area contributed by atoms with E-state index in [0.29, 0.717) is 5.69 Å². The Morgan fingerprint density at radius 3 is 1.09 bits per heavy atom. The molecule has 0 saturated heterocycles. The van der Waals surface area contributed by atoms with Gasteiger partial charge in [-0.3, -0.25) is 0 Å². The third-order valence-corrected chi connectivity index (χ3v) is 23.6. The second-order valence-corrected chi connectivity index (χ2v) is 29.9. The molecule has 0 amide bonds. The first-order valence-corrected chi connectivity index (χ1v) is 38.8. The van der Waals surface area contributed by atoms with Crippen molar-refractivity contribution in [3.8, 4) is 55.6 Å². The van der Waals surface area contributed by atoms with Crippen molar-refractivity contribution in [2.75, 3.05) is 24.5 Å². The van der Waals surface area contributed by atoms with Crippen LogP contribution in [0.25, 0.3) is 55.6 Å². The highest BCUT2D eigenvalue weighted by atomic mass is 32.2. The Kier molecular flexibility index (Phi) is 16.2. The molecule has 520 valence electrons. The van der Waals surface area contributed by atoms with Gasteiger partial charge in [0.2, 0.25) is 6.71 Å². The van der Waals surface area contributed by atoms with E-state index in [2.05, 4.69) is 419 Å². The van der Waals surface area contributed by atoms with Crippen LogP contribution < -0.4 is 57.3 Å². The highest BCUT2D eigenvalue weighted by molar-refractivity contribution is 8.00. The number of fused-ring (bicyclic) bond motifs is 8. The van der Waals surface area contributed by atoms with Gasteiger partial charge in [0, 0.05) is 89.3 Å². The molecular weight excluding hydrogens is 1370 g/mol. The highest BCUT2D eigenvalue weighted by Crippen LogP contribution is 2.54. The van der Waals surface area contributed by atoms with Crippen LogP contribution in [0.2, 0.25) is 0 Å². The van der Waals surface area contributed by atoms with Crippen LogP contribution in [0.1, 0.15) is 0 Å². The monoisotopic (exact) mass is 1440 g/mol. The minimum Gasteiger partial charge on any atom is -0.311 e. The maximum absolute atomic E-state index is 19.0. The number of hydrogen-bond donors (Lipinski definition) is 0. The van der Waals surface area contributed by atoms with Crippen molar-refractivity contribution >= 4 is 143 Å². The fraction of sp³-hybridized carbons (Fsp3) is 0. The highest BCUT2D eigenvalue weighted by Gasteiger charge is 2.48. The maximum Gasteiger partial charge on any atom is 0.252 e. The van der Waals surface area contributed by atoms with Crippen LogP contribution in [0.15, 0.2) is 422 Å². The minimum atomic E-state index is -0.333. The predicted molar refractivity (Wildman–Crippen MR) is 467 cm³/mol. The van der Waals surface area contributed by atoms with Crippen LogP contribution in [-0.4, -0.2) is 13.4 Å². The normalized spacial score (nSPS) is 12.6. The molecule has 17 aromatic rings. The lowest BCUT2D eigenvalue weighted by molar-refractivity contribution is 0.629. The van der Waals surface area contributed by atoms with E-state index in [-0.39, 0.29) is 19.2 Å². The standard InChI is InChI=1S/C102H68B2FN5S/c105-91-50-28-47-86(75-37-16-5-17-38-75)102(91)110-94-68-98-90(104-88-49-23-25-52-93(88)109(79-43-20-7-21-44-79)97-65-85(66-99(111-98)101(97)104)107(81-59-55-74(56-60-81)70-31-10-2-11-32-70)83-46-27-40-77(62-83)72-35-14-4-15-36-72)67-89(94)103-87-48-22-24-51-92(87)108(78-41-18-6-19-42-78)95-63-84(64-96(110)100(95)103)106(80-57-53-73(54-58-80)69-29-8-1-9-30-69)82-45-26-39-76(61-82)71-33-12-3-13-34-71/h1-68H. The number of rotatable bonds is 14. The molecule has 4 aliphatic rings. The molecule has 21 rings (SSSR count). The Labute approximate surface area is 651 Å². The lowest BCUT2D eigenvalue weighted by Gasteiger charge is -2.46. The summed E-state index contributed by atoms with van der Waals surface area (Å²) < 4.78 is 19.0. The molecule has 0 N–H and O–H groups in total. The van der Waals surface area contributed by atoms with Gasteiger partial charge in [-0.25, -0.2) is 4.39 Å². The van der Waals surface area contributed by atoms with Crippen LogP contribution in [0.4, 0.5) is 89.7 Å². The minimum absolute atomic E-state index is 0.222. The summed E-state index contributed by atoms with van der Waals surface area (Å²) in [6.07, 6.45) is 0. The van der Waals surface area contributed by atoms with Gasteiger partial charge in [-0.05, 0) is 199 Å². The third-order valence-electron chi connectivity index (χ3n) is 22.5. The fourth-order valence-electron chi connectivity index (χ4n) is 17.6. The molecule has 0 atom stereocenters. The van der Waals surface area contributed by atoms with Gasteiger partial charge in [0.15, 0.2) is 0 Å². The number of para-hydroxylation sites is 5. The zero-order valence-corrected chi connectivity index (χ0v) is 61.3. The van der Waals surface area contributed by atoms with Gasteiger partial charge in [-0.1, -0.05) is 308 Å². The van der Waals surface area contributed by atoms with Gasteiger partial charge in [0.05, 0.1) is 11.4 Å². The molecule has 0 saturated carbocycles. The summed E-state index contributed by atoms with van der Waals surface area (Å²) in [6.45, 7) is -0.551. The molecule has 4 heterocycles. The van der Waals surface area contributed by atoms with Gasteiger partial charge in [0.1, 0.15) is 5.82 Å². The Bertz CT molecular complexity index is 6400. The van der Waals surface area contributed by atoms with E-state index < -0.39 is 0 Å². The molecule has 9 heteroatoms. The zero-order chi connectivity index (χ0) is 73.5. The van der Waals surface area contributed by atoms with E-state index in [4.69, 9.17) is 0 Å². The third kappa shape index (κ3) is 11.3. The van der Waals surface area contributed by atoms with Crippen molar-refractivity contribution in [2.45, 2.75) is 9.79 Å². The summed E-state index contributed by atoms with van der Waals surface area (Å²) in [5, 5.41) is 0. The van der Waals surface area contributed by atoms with E-state index in [1.54, 1.807) is 6.07 Å². The number of nitrogens with zero attached hydrogens (tertiary/aromatic N) is 5. The van der Waals surface area contributed by atoms with Crippen molar-refractivity contribution in [1.82, 2.24) is 0 Å². The number of benzene rings is 17. The van der Waals surface area contributed by atoms with E-state index in [9.17, 15) is 0 Å². The molecule has 0 aliphatic carbocycles. The molecule has 0 radical (unpaired) electrons. The molecule has 0 spiro atoms. The molecular formula is C102H68B2FN5S. The fourth-order valence-corrected chi connectivity index (χ4v) is 18.8. The van der Waals surface area contributed by atoms with Gasteiger partial charge in [-0.2, -0.15) is 0 Å². The molecule has 0 bridgehead atoms. The summed E-state index contributed by atoms with van der Waals surface area (Å²) >= 11 is 1.82. The second kappa shape index (κ2) is 27.4. The number of anilines is 15. The van der Waals surface area contributed by atoms with Crippen LogP contribution in [0, 0.1) is 5.82 Å². The number of halogens is 1. The molecule has 0 aromatic heterocycles. The average Bonchev–Trinajstić information content (AvgIpc) is 0.687. The first-order valence-electron chi connectivity index (χ1n) is 38.0. The lowest BCUT2D eigenvalue weighted by atomic mass is 9.31. The van der Waals surface area contributed by atoms with Crippen molar-refractivity contribution in [3.63, 3.8) is 0 Å². The van der Waals surface area contributed by atoms with Gasteiger partial charge in [-0.15, -0.1) is 0 Å². The maximum atomic E-state index is 19.0. The van der Waals surface area contributed by atoms with Crippen LogP contribution >= 0.6 is 11.8 Å². The largest absolute Gasteiger partial charge is 0.311 e. The Hall–Kier alpha value is -13.9. The zero-order valence-electron chi connectivity index (χ0n) is 60.4. The van der Waals surface area contributed by atoms with Crippen molar-refractivity contribution < 1.29 is 4.39 Å². The number of hydrogen-bond acceptors (Lipinski definition) is 6. The van der Waals surface area contributed by atoms with Crippen molar-refractivity contribution in [3.05, 3.63) is 418 Å². The molecule has 5 nitrogen and oxygen atoms in total. The second-order valence-electron chi connectivity index (χ2n) is 28.8. The SMILES string of the molecule is Fc1cccc(-c2ccccc2)c1N1c2cc3c(cc2B2c4ccccc4N(c4ccccc4)c4cc(N(c5ccc(-c6ccccc6)cc5)c5cccc(-c6ccccc6)c5)cc1c42)B1c2ccccc2N(c2ccccc2)c2cc(N(c4ccc(-c5ccccc5)cc4)c4cccc(-c5ccccc5)c4)cc(c21)S3. The molecule has 4 aliphatic heterocycles. The van der Waals surface area contributed by atoms with Crippen LogP contribution in [-0.2, 0) is 0 Å². The van der Waals surface area contributed by atoms with Crippen LogP contribution in [0.3, 0.4) is 0 Å². The Morgan fingerprint density at radius 2 is 0.604 bits per heavy atom. The summed E-state index contributed by atoms with van der Waals surface area (Å²) in [5.74, 6) is -0.333. The van der Waals surface area contributed by atoms with E-state index in [1.807, 2.05) is 23.9 Å². The first-order chi connectivity index (χ1) is 55.0. The Balaban J connectivity index is 0.837. The van der Waals surface area contributed by atoms with E-state index in [1.165, 1.54) is 16.4 Å². The topological polar surface area (TPSA) is 16.2 Å². The predicted octanol–water partition coefficient (Wildman–Crippen LogP) is 23.9. The van der Waals surface area contributed by atoms with Crippen molar-refractivity contribution in [1.29, 1.82) is 0 Å². The van der Waals surface area contributed by atoms with Crippen molar-refractivity contribution in [2.24, 2.45) is 0 Å². The van der Waals surface area contributed by atoms with Crippen LogP contribution in [0.5, 0.6) is 0 Å². The lowest BCUT2D eigenvalue weighted by Crippen LogP contribution is -2.64. The van der Waals surface area contributed by atoms with Gasteiger partial charge >= 0.3 is 0 Å². The average molecular weight is 1440 g/mol. The van der Waals surface area contributed by atoms with Gasteiger partial charge in [0.25, 0.3) is 6.71 Å². The molecule has 17 aromatic carbocycles. The summed E-state index contributed by atoms with van der Waals surface area (Å²) in [5.41, 5.74) is 32.2.